The summed E-state index contributed by atoms with van der Waals surface area (Å²) >= 11 is 0. The van der Waals surface area contributed by atoms with Crippen LogP contribution >= 0.6 is 0 Å². The molecular formula is C7H14BNO2. The van der Waals surface area contributed by atoms with Crippen molar-refractivity contribution in [1.82, 2.24) is 5.23 Å². The zero-order valence-corrected chi connectivity index (χ0v) is 7.31. The molecular weight excluding hydrogens is 141 g/mol. The molecule has 0 aromatic carbocycles. The Labute approximate surface area is 68.0 Å². The molecule has 0 saturated heterocycles. The highest BCUT2D eigenvalue weighted by Gasteiger charge is 2.09. The number of ketones is 2. The molecule has 0 aliphatic carbocycles. The summed E-state index contributed by atoms with van der Waals surface area (Å²) in [4.78, 5) is 21.3. The van der Waals surface area contributed by atoms with Gasteiger partial charge in [-0.3, -0.25) is 9.59 Å². The molecule has 0 atom stereocenters. The Morgan fingerprint density at radius 1 is 1.27 bits per heavy atom. The van der Waals surface area contributed by atoms with E-state index in [1.54, 1.807) is 7.98 Å². The molecule has 0 amide bonds. The summed E-state index contributed by atoms with van der Waals surface area (Å²) in [5.74, 6) is 0.233. The second kappa shape index (κ2) is 5.07. The largest absolute Gasteiger partial charge is 0.359 e. The average molecular weight is 155 g/mol. The van der Waals surface area contributed by atoms with Gasteiger partial charge in [0.05, 0.1) is 0 Å². The van der Waals surface area contributed by atoms with Crippen LogP contribution in [0.15, 0.2) is 0 Å². The summed E-state index contributed by atoms with van der Waals surface area (Å²) in [5, 5.41) is 2.92. The van der Waals surface area contributed by atoms with Gasteiger partial charge in [-0.15, -0.1) is 0 Å². The SMILES string of the molecule is BNC(CC(C)=O)CC(C)=O. The van der Waals surface area contributed by atoms with Crippen LogP contribution in [0.25, 0.3) is 0 Å². The number of carbonyl (C=O) groups excluding carboxylic acids is 2. The van der Waals surface area contributed by atoms with Crippen LogP contribution in [0.4, 0.5) is 0 Å². The molecule has 0 bridgehead atoms. The summed E-state index contributed by atoms with van der Waals surface area (Å²) in [7, 11) is 1.76. The van der Waals surface area contributed by atoms with Crippen LogP contribution in [0.1, 0.15) is 26.7 Å². The second-order valence-corrected chi connectivity index (χ2v) is 2.80. The highest BCUT2D eigenvalue weighted by atomic mass is 16.1. The van der Waals surface area contributed by atoms with Gasteiger partial charge in [0.25, 0.3) is 0 Å². The van der Waals surface area contributed by atoms with E-state index in [0.29, 0.717) is 12.8 Å². The average Bonchev–Trinajstić information content (AvgIpc) is 1.84. The van der Waals surface area contributed by atoms with Gasteiger partial charge in [0.2, 0.25) is 0 Å². The molecule has 1 N–H and O–H groups in total. The molecule has 0 rings (SSSR count). The minimum Gasteiger partial charge on any atom is -0.359 e. The van der Waals surface area contributed by atoms with E-state index in [1.165, 1.54) is 13.8 Å². The van der Waals surface area contributed by atoms with E-state index in [0.717, 1.165) is 0 Å². The van der Waals surface area contributed by atoms with Crippen molar-refractivity contribution in [2.45, 2.75) is 32.7 Å². The minimum absolute atomic E-state index is 0.0185. The Balaban J connectivity index is 3.76. The van der Waals surface area contributed by atoms with Gasteiger partial charge in [-0.2, -0.15) is 0 Å². The van der Waals surface area contributed by atoms with Crippen LogP contribution in [0.2, 0.25) is 0 Å². The Kier molecular flexibility index (Phi) is 4.78. The molecule has 3 nitrogen and oxygen atoms in total. The zero-order chi connectivity index (χ0) is 8.85. The van der Waals surface area contributed by atoms with Crippen molar-refractivity contribution in [2.24, 2.45) is 0 Å². The van der Waals surface area contributed by atoms with Crippen LogP contribution in [0.5, 0.6) is 0 Å². The third kappa shape index (κ3) is 5.79. The highest BCUT2D eigenvalue weighted by Crippen LogP contribution is 1.98. The third-order valence-electron chi connectivity index (χ3n) is 1.48. The van der Waals surface area contributed by atoms with Crippen molar-refractivity contribution < 1.29 is 9.59 Å². The van der Waals surface area contributed by atoms with Gasteiger partial charge >= 0.3 is 0 Å². The Hall–Kier alpha value is -0.635. The van der Waals surface area contributed by atoms with Crippen molar-refractivity contribution in [3.8, 4) is 0 Å². The Morgan fingerprint density at radius 3 is 1.82 bits per heavy atom. The van der Waals surface area contributed by atoms with Crippen LogP contribution < -0.4 is 5.23 Å². The van der Waals surface area contributed by atoms with Crippen LogP contribution in [-0.2, 0) is 9.59 Å². The maximum Gasteiger partial charge on any atom is 0.182 e. The first-order chi connectivity index (χ1) is 5.06. The van der Waals surface area contributed by atoms with Gasteiger partial charge in [0.15, 0.2) is 7.98 Å². The summed E-state index contributed by atoms with van der Waals surface area (Å²) in [6, 6.07) is 0.0185. The van der Waals surface area contributed by atoms with E-state index in [9.17, 15) is 9.59 Å². The number of Topliss-reactive ketones (excluding diaryl/α,β-unsaturated/α-hetero) is 2. The fourth-order valence-electron chi connectivity index (χ4n) is 0.970. The maximum absolute atomic E-state index is 10.6. The lowest BCUT2D eigenvalue weighted by Gasteiger charge is -2.11. The van der Waals surface area contributed by atoms with Gasteiger partial charge in [-0.1, -0.05) is 0 Å². The van der Waals surface area contributed by atoms with Gasteiger partial charge in [0, 0.05) is 18.9 Å². The van der Waals surface area contributed by atoms with Crippen LogP contribution in [-0.4, -0.2) is 25.6 Å². The first-order valence-corrected chi connectivity index (χ1v) is 3.72. The maximum atomic E-state index is 10.6. The van der Waals surface area contributed by atoms with Crippen molar-refractivity contribution in [3.63, 3.8) is 0 Å². The Bertz CT molecular complexity index is 143. The van der Waals surface area contributed by atoms with E-state index in [-0.39, 0.29) is 17.6 Å². The van der Waals surface area contributed by atoms with Crippen molar-refractivity contribution in [2.75, 3.05) is 0 Å². The molecule has 0 fully saturated rings. The van der Waals surface area contributed by atoms with E-state index in [4.69, 9.17) is 0 Å². The Morgan fingerprint density at radius 2 is 1.64 bits per heavy atom. The number of carbonyl (C=O) groups is 2. The fourth-order valence-corrected chi connectivity index (χ4v) is 0.970. The molecule has 0 aliphatic heterocycles. The molecule has 0 unspecified atom stereocenters. The molecule has 0 spiro atoms. The first-order valence-electron chi connectivity index (χ1n) is 3.72. The second-order valence-electron chi connectivity index (χ2n) is 2.80. The number of rotatable bonds is 5. The topological polar surface area (TPSA) is 46.2 Å². The monoisotopic (exact) mass is 155 g/mol. The van der Waals surface area contributed by atoms with Gasteiger partial charge in [0.1, 0.15) is 11.6 Å². The molecule has 62 valence electrons. The highest BCUT2D eigenvalue weighted by molar-refractivity contribution is 6.05. The van der Waals surface area contributed by atoms with E-state index in [1.807, 2.05) is 0 Å². The van der Waals surface area contributed by atoms with Gasteiger partial charge in [-0.05, 0) is 13.8 Å². The molecule has 0 aromatic rings. The molecule has 11 heavy (non-hydrogen) atoms. The van der Waals surface area contributed by atoms with Crippen LogP contribution in [0, 0.1) is 0 Å². The lowest BCUT2D eigenvalue weighted by atomic mass is 10.0. The standard InChI is InChI=1S/C7H14BNO2/c1-5(10)3-7(9-8)4-6(2)11/h7,9H,3-4,8H2,1-2H3. The van der Waals surface area contributed by atoms with Crippen molar-refractivity contribution in [1.29, 1.82) is 0 Å². The van der Waals surface area contributed by atoms with Gasteiger partial charge in [-0.25, -0.2) is 0 Å². The summed E-state index contributed by atoms with van der Waals surface area (Å²) < 4.78 is 0. The van der Waals surface area contributed by atoms with E-state index >= 15 is 0 Å². The summed E-state index contributed by atoms with van der Waals surface area (Å²) in [5.41, 5.74) is 0. The van der Waals surface area contributed by atoms with Crippen LogP contribution in [0.3, 0.4) is 0 Å². The third-order valence-corrected chi connectivity index (χ3v) is 1.48. The lowest BCUT2D eigenvalue weighted by Crippen LogP contribution is -2.30. The van der Waals surface area contributed by atoms with Crippen molar-refractivity contribution >= 4 is 19.5 Å². The number of hydrogen-bond donors (Lipinski definition) is 1. The van der Waals surface area contributed by atoms with Gasteiger partial charge < -0.3 is 5.23 Å². The molecule has 0 saturated carbocycles. The first kappa shape index (κ1) is 10.4. The predicted molar refractivity (Wildman–Crippen MR) is 46.1 cm³/mol. The normalized spacial score (nSPS) is 10.1. The molecule has 0 radical (unpaired) electrons. The van der Waals surface area contributed by atoms with E-state index in [2.05, 4.69) is 5.23 Å². The number of hydrogen-bond acceptors (Lipinski definition) is 3. The molecule has 0 aromatic heterocycles. The summed E-state index contributed by atoms with van der Waals surface area (Å²) in [6.07, 6.45) is 0.881. The molecule has 0 heterocycles. The minimum atomic E-state index is 0.0185. The molecule has 0 aliphatic rings. The smallest absolute Gasteiger partial charge is 0.182 e. The summed E-state index contributed by atoms with van der Waals surface area (Å²) in [6.45, 7) is 3.06. The molecule has 4 heteroatoms. The fraction of sp³-hybridized carbons (Fsp3) is 0.714. The quantitative estimate of drug-likeness (QED) is 0.542. The predicted octanol–water partition coefficient (Wildman–Crippen LogP) is -0.549. The zero-order valence-electron chi connectivity index (χ0n) is 7.31. The van der Waals surface area contributed by atoms with E-state index < -0.39 is 0 Å². The number of nitrogens with one attached hydrogen (secondary N) is 1. The lowest BCUT2D eigenvalue weighted by molar-refractivity contribution is -0.118. The van der Waals surface area contributed by atoms with Crippen molar-refractivity contribution in [3.05, 3.63) is 0 Å².